The van der Waals surface area contributed by atoms with E-state index in [4.69, 9.17) is 16.3 Å². The van der Waals surface area contributed by atoms with Crippen LogP contribution < -0.4 is 10.6 Å². The Balaban J connectivity index is 1.69. The number of amides is 1. The molecule has 2 heterocycles. The molecule has 3 rings (SSSR count). The molecule has 2 N–H and O–H groups in total. The van der Waals surface area contributed by atoms with Gasteiger partial charge in [0.05, 0.1) is 11.1 Å². The molecule has 0 aliphatic carbocycles. The number of hydrogen-bond acceptors (Lipinski definition) is 5. The molecule has 1 amide bonds. The Morgan fingerprint density at radius 1 is 1.40 bits per heavy atom. The summed E-state index contributed by atoms with van der Waals surface area (Å²) in [5, 5.41) is 5.76. The summed E-state index contributed by atoms with van der Waals surface area (Å²) < 4.78 is 18.7. The molecule has 0 spiro atoms. The van der Waals surface area contributed by atoms with Crippen molar-refractivity contribution < 1.29 is 13.9 Å². The van der Waals surface area contributed by atoms with Gasteiger partial charge in [0.15, 0.2) is 0 Å². The van der Waals surface area contributed by atoms with E-state index < -0.39 is 11.7 Å². The number of aryl methyl sites for hydroxylation is 1. The fourth-order valence-electron chi connectivity index (χ4n) is 2.57. The first-order chi connectivity index (χ1) is 12.0. The predicted octanol–water partition coefficient (Wildman–Crippen LogP) is 3.42. The van der Waals surface area contributed by atoms with Crippen molar-refractivity contribution in [2.45, 2.75) is 25.9 Å². The Bertz CT molecular complexity index is 781. The largest absolute Gasteiger partial charge is 0.376 e. The van der Waals surface area contributed by atoms with Gasteiger partial charge in [-0.25, -0.2) is 14.4 Å². The topological polar surface area (TPSA) is 76.1 Å². The van der Waals surface area contributed by atoms with E-state index in [1.807, 2.05) is 0 Å². The third kappa shape index (κ3) is 4.64. The SMILES string of the molecule is Cc1nc(NCC2CCCO2)cc(C(=O)Nc2ccc(F)c(Cl)c2)n1. The lowest BCUT2D eigenvalue weighted by atomic mass is 10.2. The van der Waals surface area contributed by atoms with Gasteiger partial charge in [-0.05, 0) is 38.0 Å². The number of nitrogens with zero attached hydrogens (tertiary/aromatic N) is 2. The summed E-state index contributed by atoms with van der Waals surface area (Å²) in [6, 6.07) is 5.54. The summed E-state index contributed by atoms with van der Waals surface area (Å²) in [6.45, 7) is 3.12. The van der Waals surface area contributed by atoms with Gasteiger partial charge in [0.1, 0.15) is 23.2 Å². The van der Waals surface area contributed by atoms with Crippen LogP contribution in [0, 0.1) is 12.7 Å². The maximum atomic E-state index is 13.2. The average Bonchev–Trinajstić information content (AvgIpc) is 3.09. The van der Waals surface area contributed by atoms with Gasteiger partial charge >= 0.3 is 0 Å². The smallest absolute Gasteiger partial charge is 0.274 e. The number of rotatable bonds is 5. The van der Waals surface area contributed by atoms with Gasteiger partial charge in [-0.3, -0.25) is 4.79 Å². The highest BCUT2D eigenvalue weighted by molar-refractivity contribution is 6.31. The van der Waals surface area contributed by atoms with Gasteiger partial charge in [0, 0.05) is 24.9 Å². The van der Waals surface area contributed by atoms with Crippen LogP contribution in [0.1, 0.15) is 29.2 Å². The molecule has 25 heavy (non-hydrogen) atoms. The zero-order valence-corrected chi connectivity index (χ0v) is 14.4. The second-order valence-corrected chi connectivity index (χ2v) is 6.19. The summed E-state index contributed by atoms with van der Waals surface area (Å²) in [7, 11) is 0. The van der Waals surface area contributed by atoms with E-state index in [0.29, 0.717) is 23.9 Å². The number of anilines is 2. The molecule has 1 unspecified atom stereocenters. The number of benzene rings is 1. The van der Waals surface area contributed by atoms with E-state index in [9.17, 15) is 9.18 Å². The number of carbonyl (C=O) groups excluding carboxylic acids is 1. The van der Waals surface area contributed by atoms with Crippen molar-refractivity contribution in [3.63, 3.8) is 0 Å². The molecule has 6 nitrogen and oxygen atoms in total. The first kappa shape index (κ1) is 17.6. The molecule has 0 saturated carbocycles. The highest BCUT2D eigenvalue weighted by atomic mass is 35.5. The number of aromatic nitrogens is 2. The maximum Gasteiger partial charge on any atom is 0.274 e. The van der Waals surface area contributed by atoms with Gasteiger partial charge in [-0.2, -0.15) is 0 Å². The number of nitrogens with one attached hydrogen (secondary N) is 2. The van der Waals surface area contributed by atoms with Crippen LogP contribution >= 0.6 is 11.6 Å². The number of halogens is 2. The molecule has 0 radical (unpaired) electrons. The highest BCUT2D eigenvalue weighted by Gasteiger charge is 2.16. The molecular weight excluding hydrogens is 347 g/mol. The lowest BCUT2D eigenvalue weighted by molar-refractivity contribution is 0.102. The minimum Gasteiger partial charge on any atom is -0.376 e. The predicted molar refractivity (Wildman–Crippen MR) is 93.6 cm³/mol. The molecule has 2 aromatic rings. The molecule has 8 heteroatoms. The Labute approximate surface area is 149 Å². The molecule has 1 atom stereocenters. The molecular formula is C17H18ClFN4O2. The molecule has 132 valence electrons. The van der Waals surface area contributed by atoms with Gasteiger partial charge in [-0.1, -0.05) is 11.6 Å². The van der Waals surface area contributed by atoms with E-state index >= 15 is 0 Å². The molecule has 1 aliphatic rings. The average molecular weight is 365 g/mol. The quantitative estimate of drug-likeness (QED) is 0.850. The van der Waals surface area contributed by atoms with Crippen LogP contribution in [0.3, 0.4) is 0 Å². The molecule has 1 saturated heterocycles. The minimum absolute atomic E-state index is 0.0596. The van der Waals surface area contributed by atoms with Crippen LogP contribution in [0.25, 0.3) is 0 Å². The van der Waals surface area contributed by atoms with E-state index in [1.165, 1.54) is 18.2 Å². The molecule has 1 aromatic carbocycles. The van der Waals surface area contributed by atoms with Crippen molar-refractivity contribution in [2.24, 2.45) is 0 Å². The number of ether oxygens (including phenoxy) is 1. The maximum absolute atomic E-state index is 13.2. The first-order valence-electron chi connectivity index (χ1n) is 7.99. The summed E-state index contributed by atoms with van der Waals surface area (Å²) >= 11 is 5.72. The van der Waals surface area contributed by atoms with Gasteiger partial charge < -0.3 is 15.4 Å². The lowest BCUT2D eigenvalue weighted by Crippen LogP contribution is -2.20. The van der Waals surface area contributed by atoms with Gasteiger partial charge in [0.2, 0.25) is 0 Å². The van der Waals surface area contributed by atoms with Crippen molar-refractivity contribution in [1.82, 2.24) is 9.97 Å². The van der Waals surface area contributed by atoms with E-state index in [-0.39, 0.29) is 16.8 Å². The second kappa shape index (κ2) is 7.76. The molecule has 0 bridgehead atoms. The Kier molecular flexibility index (Phi) is 5.45. The monoisotopic (exact) mass is 364 g/mol. The standard InChI is InChI=1S/C17H18ClFN4O2/c1-10-21-15(8-16(22-10)20-9-12-3-2-6-25-12)17(24)23-11-4-5-14(19)13(18)7-11/h4-5,7-8,12H,2-3,6,9H2,1H3,(H,23,24)(H,20,21,22). The van der Waals surface area contributed by atoms with Crippen molar-refractivity contribution in [2.75, 3.05) is 23.8 Å². The Hall–Kier alpha value is -2.25. The summed E-state index contributed by atoms with van der Waals surface area (Å²) in [6.07, 6.45) is 2.23. The second-order valence-electron chi connectivity index (χ2n) is 5.78. The van der Waals surface area contributed by atoms with Crippen molar-refractivity contribution >= 4 is 29.0 Å². The molecule has 1 aliphatic heterocycles. The van der Waals surface area contributed by atoms with Gasteiger partial charge in [-0.15, -0.1) is 0 Å². The van der Waals surface area contributed by atoms with Crippen LogP contribution in [0.15, 0.2) is 24.3 Å². The molecule has 1 aromatic heterocycles. The van der Waals surface area contributed by atoms with Crippen LogP contribution in [0.5, 0.6) is 0 Å². The van der Waals surface area contributed by atoms with Gasteiger partial charge in [0.25, 0.3) is 5.91 Å². The summed E-state index contributed by atoms with van der Waals surface area (Å²) in [5.41, 5.74) is 0.601. The lowest BCUT2D eigenvalue weighted by Gasteiger charge is -2.12. The van der Waals surface area contributed by atoms with Crippen LogP contribution in [0.4, 0.5) is 15.9 Å². The van der Waals surface area contributed by atoms with Crippen LogP contribution in [-0.4, -0.2) is 35.1 Å². The van der Waals surface area contributed by atoms with Crippen LogP contribution in [0.2, 0.25) is 5.02 Å². The third-order valence-electron chi connectivity index (χ3n) is 3.78. The van der Waals surface area contributed by atoms with E-state index in [2.05, 4.69) is 20.6 Å². The molecule has 1 fully saturated rings. The van der Waals surface area contributed by atoms with Crippen molar-refractivity contribution in [3.05, 3.63) is 46.6 Å². The summed E-state index contributed by atoms with van der Waals surface area (Å²) in [4.78, 5) is 20.8. The van der Waals surface area contributed by atoms with Crippen LogP contribution in [-0.2, 0) is 4.74 Å². The zero-order chi connectivity index (χ0) is 17.8. The highest BCUT2D eigenvalue weighted by Crippen LogP contribution is 2.20. The third-order valence-corrected chi connectivity index (χ3v) is 4.07. The number of hydrogen-bond donors (Lipinski definition) is 2. The summed E-state index contributed by atoms with van der Waals surface area (Å²) in [5.74, 6) is 0.0661. The van der Waals surface area contributed by atoms with E-state index in [0.717, 1.165) is 19.4 Å². The fraction of sp³-hybridized carbons (Fsp3) is 0.353. The Morgan fingerprint density at radius 3 is 2.96 bits per heavy atom. The van der Waals surface area contributed by atoms with Crippen molar-refractivity contribution in [1.29, 1.82) is 0 Å². The fourth-order valence-corrected chi connectivity index (χ4v) is 2.75. The van der Waals surface area contributed by atoms with E-state index in [1.54, 1.807) is 13.0 Å². The Morgan fingerprint density at radius 2 is 2.24 bits per heavy atom. The van der Waals surface area contributed by atoms with Crippen molar-refractivity contribution in [3.8, 4) is 0 Å². The normalized spacial score (nSPS) is 16.7. The first-order valence-corrected chi connectivity index (χ1v) is 8.36. The zero-order valence-electron chi connectivity index (χ0n) is 13.7. The minimum atomic E-state index is -0.543. The number of carbonyl (C=O) groups is 1.